The van der Waals surface area contributed by atoms with Crippen LogP contribution < -0.4 is 5.73 Å². The van der Waals surface area contributed by atoms with Crippen molar-refractivity contribution in [1.82, 2.24) is 0 Å². The van der Waals surface area contributed by atoms with Gasteiger partial charge in [0.05, 0.1) is 0 Å². The summed E-state index contributed by atoms with van der Waals surface area (Å²) in [5, 5.41) is 0. The van der Waals surface area contributed by atoms with Crippen molar-refractivity contribution in [3.05, 3.63) is 71.3 Å². The summed E-state index contributed by atoms with van der Waals surface area (Å²) in [4.78, 5) is 0. The van der Waals surface area contributed by atoms with E-state index in [4.69, 9.17) is 5.73 Å². The second-order valence-electron chi connectivity index (χ2n) is 4.85. The van der Waals surface area contributed by atoms with Crippen LogP contribution in [0.15, 0.2) is 54.6 Å². The fourth-order valence-corrected chi connectivity index (χ4v) is 2.84. The molecule has 0 radical (unpaired) electrons. The highest BCUT2D eigenvalue weighted by Gasteiger charge is 2.24. The van der Waals surface area contributed by atoms with E-state index in [9.17, 15) is 0 Å². The zero-order valence-electron chi connectivity index (χ0n) is 9.84. The third kappa shape index (κ3) is 1.98. The molecule has 17 heavy (non-hydrogen) atoms. The van der Waals surface area contributed by atoms with Crippen LogP contribution in [-0.2, 0) is 6.42 Å². The van der Waals surface area contributed by atoms with Gasteiger partial charge in [-0.3, -0.25) is 0 Å². The van der Waals surface area contributed by atoms with Crippen LogP contribution in [0.1, 0.15) is 35.1 Å². The lowest BCUT2D eigenvalue weighted by Gasteiger charge is -2.29. The minimum absolute atomic E-state index is 0.185. The van der Waals surface area contributed by atoms with Gasteiger partial charge in [0.1, 0.15) is 0 Å². The van der Waals surface area contributed by atoms with Crippen LogP contribution in [0.4, 0.5) is 0 Å². The van der Waals surface area contributed by atoms with E-state index >= 15 is 0 Å². The molecule has 2 aromatic rings. The smallest absolute Gasteiger partial charge is 0.0303 e. The van der Waals surface area contributed by atoms with Gasteiger partial charge in [0.25, 0.3) is 0 Å². The van der Waals surface area contributed by atoms with Crippen molar-refractivity contribution >= 4 is 0 Å². The minimum Gasteiger partial charge on any atom is -0.324 e. The summed E-state index contributed by atoms with van der Waals surface area (Å²) < 4.78 is 0. The summed E-state index contributed by atoms with van der Waals surface area (Å²) in [6.45, 7) is 0. The fraction of sp³-hybridized carbons (Fsp3) is 0.250. The normalized spacial score (nSPS) is 23.1. The molecule has 0 aliphatic heterocycles. The van der Waals surface area contributed by atoms with E-state index in [1.807, 2.05) is 0 Å². The van der Waals surface area contributed by atoms with Gasteiger partial charge in [-0.1, -0.05) is 54.6 Å². The third-order valence-corrected chi connectivity index (χ3v) is 3.73. The molecule has 0 saturated heterocycles. The van der Waals surface area contributed by atoms with Crippen molar-refractivity contribution in [1.29, 1.82) is 0 Å². The van der Waals surface area contributed by atoms with Crippen LogP contribution in [0.2, 0.25) is 0 Å². The van der Waals surface area contributed by atoms with Crippen molar-refractivity contribution < 1.29 is 0 Å². The molecule has 2 aromatic carbocycles. The predicted molar refractivity (Wildman–Crippen MR) is 70.9 cm³/mol. The first kappa shape index (κ1) is 10.5. The van der Waals surface area contributed by atoms with E-state index in [1.165, 1.54) is 16.7 Å². The lowest BCUT2D eigenvalue weighted by atomic mass is 9.78. The Morgan fingerprint density at radius 1 is 0.882 bits per heavy atom. The molecule has 86 valence electrons. The average molecular weight is 223 g/mol. The van der Waals surface area contributed by atoms with Gasteiger partial charge in [0, 0.05) is 6.04 Å². The van der Waals surface area contributed by atoms with Crippen molar-refractivity contribution in [2.75, 3.05) is 0 Å². The molecule has 1 aliphatic carbocycles. The molecular formula is C16H17N. The van der Waals surface area contributed by atoms with Crippen LogP contribution in [0, 0.1) is 0 Å². The van der Waals surface area contributed by atoms with Crippen LogP contribution in [-0.4, -0.2) is 0 Å². The van der Waals surface area contributed by atoms with Crippen LogP contribution in [0.25, 0.3) is 0 Å². The number of rotatable bonds is 1. The Balaban J connectivity index is 1.94. The zero-order valence-corrected chi connectivity index (χ0v) is 9.84. The first-order valence-corrected chi connectivity index (χ1v) is 6.23. The number of benzene rings is 2. The maximum Gasteiger partial charge on any atom is 0.0303 e. The van der Waals surface area contributed by atoms with Crippen LogP contribution in [0.5, 0.6) is 0 Å². The molecule has 1 heteroatoms. The quantitative estimate of drug-likeness (QED) is 0.787. The summed E-state index contributed by atoms with van der Waals surface area (Å²) in [6, 6.07) is 19.5. The Kier molecular flexibility index (Phi) is 2.69. The lowest BCUT2D eigenvalue weighted by molar-refractivity contribution is 0.503. The highest BCUT2D eigenvalue weighted by Crippen LogP contribution is 2.36. The minimum atomic E-state index is 0.185. The van der Waals surface area contributed by atoms with Crippen molar-refractivity contribution in [3.8, 4) is 0 Å². The number of hydrogen-bond donors (Lipinski definition) is 1. The largest absolute Gasteiger partial charge is 0.324 e. The molecular weight excluding hydrogens is 206 g/mol. The standard InChI is InChI=1S/C16H17N/c17-16-11-14(12-6-2-1-3-7-12)10-13-8-4-5-9-15(13)16/h1-9,14,16H,10-11,17H2/t14-,16+/m0/s1. The van der Waals surface area contributed by atoms with Gasteiger partial charge in [-0.2, -0.15) is 0 Å². The van der Waals surface area contributed by atoms with E-state index < -0.39 is 0 Å². The molecule has 3 rings (SSSR count). The molecule has 1 aliphatic rings. The van der Waals surface area contributed by atoms with E-state index in [-0.39, 0.29) is 6.04 Å². The van der Waals surface area contributed by atoms with E-state index in [0.717, 1.165) is 12.8 Å². The van der Waals surface area contributed by atoms with E-state index in [2.05, 4.69) is 54.6 Å². The summed E-state index contributed by atoms with van der Waals surface area (Å²) in [6.07, 6.45) is 2.18. The monoisotopic (exact) mass is 223 g/mol. The molecule has 1 nitrogen and oxygen atoms in total. The maximum atomic E-state index is 6.27. The van der Waals surface area contributed by atoms with Gasteiger partial charge in [0.2, 0.25) is 0 Å². The third-order valence-electron chi connectivity index (χ3n) is 3.73. The van der Waals surface area contributed by atoms with E-state index in [1.54, 1.807) is 0 Å². The van der Waals surface area contributed by atoms with Crippen molar-refractivity contribution in [2.45, 2.75) is 24.8 Å². The second-order valence-corrected chi connectivity index (χ2v) is 4.85. The van der Waals surface area contributed by atoms with Crippen molar-refractivity contribution in [3.63, 3.8) is 0 Å². The molecule has 0 fully saturated rings. The SMILES string of the molecule is N[C@@H]1C[C@@H](c2ccccc2)Cc2ccccc21. The summed E-state index contributed by atoms with van der Waals surface area (Å²) in [5.41, 5.74) is 10.4. The Morgan fingerprint density at radius 2 is 1.59 bits per heavy atom. The van der Waals surface area contributed by atoms with Gasteiger partial charge >= 0.3 is 0 Å². The summed E-state index contributed by atoms with van der Waals surface area (Å²) in [7, 11) is 0. The van der Waals surface area contributed by atoms with Crippen molar-refractivity contribution in [2.24, 2.45) is 5.73 Å². The molecule has 0 saturated carbocycles. The molecule has 0 heterocycles. The Morgan fingerprint density at radius 3 is 2.41 bits per heavy atom. The molecule has 0 unspecified atom stereocenters. The molecule has 2 N–H and O–H groups in total. The Labute approximate surface area is 102 Å². The zero-order chi connectivity index (χ0) is 11.7. The lowest BCUT2D eigenvalue weighted by Crippen LogP contribution is -2.22. The molecule has 0 bridgehead atoms. The molecule has 2 atom stereocenters. The van der Waals surface area contributed by atoms with Crippen LogP contribution in [0.3, 0.4) is 0 Å². The highest BCUT2D eigenvalue weighted by atomic mass is 14.6. The first-order valence-electron chi connectivity index (χ1n) is 6.23. The summed E-state index contributed by atoms with van der Waals surface area (Å²) in [5.74, 6) is 0.570. The molecule has 0 amide bonds. The van der Waals surface area contributed by atoms with Gasteiger partial charge in [-0.25, -0.2) is 0 Å². The molecule has 0 spiro atoms. The maximum absolute atomic E-state index is 6.27. The first-order chi connectivity index (χ1) is 8.34. The van der Waals surface area contributed by atoms with Gasteiger partial charge < -0.3 is 5.73 Å². The number of fused-ring (bicyclic) bond motifs is 1. The number of hydrogen-bond acceptors (Lipinski definition) is 1. The summed E-state index contributed by atoms with van der Waals surface area (Å²) >= 11 is 0. The average Bonchev–Trinajstić information content (AvgIpc) is 2.40. The van der Waals surface area contributed by atoms with Gasteiger partial charge in [-0.15, -0.1) is 0 Å². The molecule has 0 aromatic heterocycles. The topological polar surface area (TPSA) is 26.0 Å². The van der Waals surface area contributed by atoms with Crippen LogP contribution >= 0.6 is 0 Å². The van der Waals surface area contributed by atoms with Gasteiger partial charge in [-0.05, 0) is 35.4 Å². The number of nitrogens with two attached hydrogens (primary N) is 1. The predicted octanol–water partition coefficient (Wildman–Crippen LogP) is 3.42. The fourth-order valence-electron chi connectivity index (χ4n) is 2.84. The highest BCUT2D eigenvalue weighted by molar-refractivity contribution is 5.36. The Hall–Kier alpha value is -1.60. The Bertz CT molecular complexity index is 504. The van der Waals surface area contributed by atoms with Gasteiger partial charge in [0.15, 0.2) is 0 Å². The second kappa shape index (κ2) is 4.34. The van der Waals surface area contributed by atoms with E-state index in [0.29, 0.717) is 5.92 Å².